The van der Waals surface area contributed by atoms with E-state index in [1.54, 1.807) is 0 Å². The molecule has 1 aliphatic carbocycles. The van der Waals surface area contributed by atoms with E-state index in [0.717, 1.165) is 28.3 Å². The van der Waals surface area contributed by atoms with Crippen LogP contribution >= 0.6 is 11.6 Å². The Balaban J connectivity index is 1.87. The first-order chi connectivity index (χ1) is 12.1. The molecule has 1 aromatic carbocycles. The highest BCUT2D eigenvalue weighted by Crippen LogP contribution is 2.33. The Kier molecular flexibility index (Phi) is 3.66. The minimum Gasteiger partial charge on any atom is -0.296 e. The van der Waals surface area contributed by atoms with E-state index in [9.17, 15) is 14.9 Å². The predicted molar refractivity (Wildman–Crippen MR) is 93.8 cm³/mol. The molecule has 2 heterocycles. The van der Waals surface area contributed by atoms with Crippen molar-refractivity contribution in [3.63, 3.8) is 0 Å². The lowest BCUT2D eigenvalue weighted by atomic mass is 10.1. The van der Waals surface area contributed by atoms with Gasteiger partial charge in [0.05, 0.1) is 12.1 Å². The van der Waals surface area contributed by atoms with Gasteiger partial charge in [-0.1, -0.05) is 29.8 Å². The summed E-state index contributed by atoms with van der Waals surface area (Å²) < 4.78 is 2.54. The summed E-state index contributed by atoms with van der Waals surface area (Å²) in [6.07, 6.45) is 3.11. The van der Waals surface area contributed by atoms with E-state index < -0.39 is 11.2 Å². The summed E-state index contributed by atoms with van der Waals surface area (Å²) in [4.78, 5) is 29.5. The zero-order valence-corrected chi connectivity index (χ0v) is 13.9. The Hall–Kier alpha value is -2.91. The second-order valence-corrected chi connectivity index (χ2v) is 6.46. The van der Waals surface area contributed by atoms with Crippen molar-refractivity contribution in [1.29, 1.82) is 5.26 Å². The Morgan fingerprint density at radius 3 is 2.76 bits per heavy atom. The number of nitrogens with zero attached hydrogens (tertiary/aromatic N) is 4. The molecule has 0 bridgehead atoms. The molecule has 124 valence electrons. The lowest BCUT2D eigenvalue weighted by Crippen LogP contribution is -2.41. The number of aromatic nitrogens is 3. The maximum atomic E-state index is 12.7. The minimum atomic E-state index is -0.603. The highest BCUT2D eigenvalue weighted by molar-refractivity contribution is 6.30. The quantitative estimate of drug-likeness (QED) is 0.678. The summed E-state index contributed by atoms with van der Waals surface area (Å²) >= 11 is 6.25. The van der Waals surface area contributed by atoms with Crippen LogP contribution in [0.1, 0.15) is 30.0 Å². The average molecular weight is 353 g/mol. The molecule has 0 unspecified atom stereocenters. The average Bonchev–Trinajstić information content (AvgIpc) is 3.44. The molecule has 0 amide bonds. The third-order valence-electron chi connectivity index (χ3n) is 4.33. The van der Waals surface area contributed by atoms with Crippen molar-refractivity contribution in [3.8, 4) is 6.07 Å². The molecule has 2 aromatic heterocycles. The molecular weight excluding hydrogens is 340 g/mol. The van der Waals surface area contributed by atoms with Gasteiger partial charge in [0.25, 0.3) is 5.56 Å². The van der Waals surface area contributed by atoms with Crippen LogP contribution < -0.4 is 11.2 Å². The number of pyridine rings is 1. The summed E-state index contributed by atoms with van der Waals surface area (Å²) in [5, 5.41) is 10.3. The van der Waals surface area contributed by atoms with Gasteiger partial charge in [-0.3, -0.25) is 13.9 Å². The fourth-order valence-corrected chi connectivity index (χ4v) is 3.07. The lowest BCUT2D eigenvalue weighted by Gasteiger charge is -2.11. The van der Waals surface area contributed by atoms with Crippen molar-refractivity contribution < 1.29 is 0 Å². The zero-order valence-electron chi connectivity index (χ0n) is 13.1. The highest BCUT2D eigenvalue weighted by atomic mass is 35.5. The number of benzene rings is 1. The SMILES string of the molecule is N#Cc1cn(C2CC2)c(=O)n(Cc2cc3ccccc3nc2Cl)c1=O. The Labute approximate surface area is 147 Å². The highest BCUT2D eigenvalue weighted by Gasteiger charge is 2.27. The smallest absolute Gasteiger partial charge is 0.296 e. The monoisotopic (exact) mass is 352 g/mol. The van der Waals surface area contributed by atoms with E-state index in [0.29, 0.717) is 5.56 Å². The number of rotatable bonds is 3. The molecule has 3 aromatic rings. The van der Waals surface area contributed by atoms with E-state index >= 15 is 0 Å². The van der Waals surface area contributed by atoms with Crippen LogP contribution in [0.3, 0.4) is 0 Å². The lowest BCUT2D eigenvalue weighted by molar-refractivity contribution is 0.587. The number of hydrogen-bond donors (Lipinski definition) is 0. The molecule has 1 aliphatic rings. The number of nitriles is 1. The van der Waals surface area contributed by atoms with Crippen LogP contribution in [0.25, 0.3) is 10.9 Å². The van der Waals surface area contributed by atoms with Crippen molar-refractivity contribution in [2.45, 2.75) is 25.4 Å². The van der Waals surface area contributed by atoms with Crippen LogP contribution in [0.2, 0.25) is 5.15 Å². The van der Waals surface area contributed by atoms with Crippen molar-refractivity contribution in [2.75, 3.05) is 0 Å². The van der Waals surface area contributed by atoms with Gasteiger partial charge in [-0.2, -0.15) is 5.26 Å². The first-order valence-electron chi connectivity index (χ1n) is 7.88. The van der Waals surface area contributed by atoms with E-state index in [4.69, 9.17) is 11.6 Å². The van der Waals surface area contributed by atoms with Gasteiger partial charge in [-0.25, -0.2) is 9.78 Å². The van der Waals surface area contributed by atoms with E-state index in [2.05, 4.69) is 4.98 Å². The Morgan fingerprint density at radius 2 is 2.04 bits per heavy atom. The number of para-hydroxylation sites is 1. The molecule has 0 aliphatic heterocycles. The first-order valence-corrected chi connectivity index (χ1v) is 8.26. The number of halogens is 1. The molecule has 1 fully saturated rings. The fourth-order valence-electron chi connectivity index (χ4n) is 2.87. The third kappa shape index (κ3) is 2.73. The topological polar surface area (TPSA) is 80.7 Å². The molecule has 0 N–H and O–H groups in total. The largest absolute Gasteiger partial charge is 0.331 e. The van der Waals surface area contributed by atoms with Gasteiger partial charge in [-0.15, -0.1) is 0 Å². The maximum Gasteiger partial charge on any atom is 0.331 e. The molecule has 4 rings (SSSR count). The fraction of sp³-hybridized carbons (Fsp3) is 0.222. The van der Waals surface area contributed by atoms with E-state index in [1.165, 1.54) is 10.8 Å². The minimum absolute atomic E-state index is 0.0173. The van der Waals surface area contributed by atoms with Crippen LogP contribution in [0.4, 0.5) is 0 Å². The predicted octanol–water partition coefficient (Wildman–Crippen LogP) is 2.47. The Bertz CT molecular complexity index is 1150. The van der Waals surface area contributed by atoms with E-state index in [-0.39, 0.29) is 23.3 Å². The molecule has 7 heteroatoms. The summed E-state index contributed by atoms with van der Waals surface area (Å²) in [6, 6.07) is 11.2. The van der Waals surface area contributed by atoms with Gasteiger partial charge in [0.15, 0.2) is 0 Å². The van der Waals surface area contributed by atoms with Crippen molar-refractivity contribution in [1.82, 2.24) is 14.1 Å². The van der Waals surface area contributed by atoms with Crippen LogP contribution in [0.5, 0.6) is 0 Å². The van der Waals surface area contributed by atoms with Crippen LogP contribution in [0, 0.1) is 11.3 Å². The molecule has 0 atom stereocenters. The van der Waals surface area contributed by atoms with Crippen molar-refractivity contribution in [3.05, 3.63) is 73.6 Å². The van der Waals surface area contributed by atoms with Gasteiger partial charge < -0.3 is 0 Å². The summed E-state index contributed by atoms with van der Waals surface area (Å²) in [6.45, 7) is -0.0173. The second kappa shape index (κ2) is 5.87. The number of hydrogen-bond acceptors (Lipinski definition) is 4. The van der Waals surface area contributed by atoms with Gasteiger partial charge in [-0.05, 0) is 25.0 Å². The van der Waals surface area contributed by atoms with Gasteiger partial charge in [0.2, 0.25) is 0 Å². The molecule has 1 saturated carbocycles. The third-order valence-corrected chi connectivity index (χ3v) is 4.66. The van der Waals surface area contributed by atoms with Gasteiger partial charge in [0, 0.05) is 23.2 Å². The first kappa shape index (κ1) is 15.6. The number of fused-ring (bicyclic) bond motifs is 1. The summed E-state index contributed by atoms with van der Waals surface area (Å²) in [5.74, 6) is 0. The normalized spacial score (nSPS) is 13.8. The van der Waals surface area contributed by atoms with Crippen LogP contribution in [0.15, 0.2) is 46.1 Å². The van der Waals surface area contributed by atoms with Crippen LogP contribution in [-0.4, -0.2) is 14.1 Å². The molecular formula is C18H13ClN4O2. The second-order valence-electron chi connectivity index (χ2n) is 6.10. The van der Waals surface area contributed by atoms with Crippen LogP contribution in [-0.2, 0) is 6.54 Å². The van der Waals surface area contributed by atoms with Crippen molar-refractivity contribution >= 4 is 22.5 Å². The molecule has 0 spiro atoms. The van der Waals surface area contributed by atoms with Gasteiger partial charge in [0.1, 0.15) is 16.8 Å². The summed E-state index contributed by atoms with van der Waals surface area (Å²) in [7, 11) is 0. The van der Waals surface area contributed by atoms with Crippen molar-refractivity contribution in [2.24, 2.45) is 0 Å². The standard InChI is InChI=1S/C18H13ClN4O2/c19-16-12(7-11-3-1-2-4-15(11)21-16)9-23-17(24)13(8-20)10-22(18(23)25)14-5-6-14/h1-4,7,10,14H,5-6,9H2. The maximum absolute atomic E-state index is 12.7. The molecule has 0 saturated heterocycles. The molecule has 6 nitrogen and oxygen atoms in total. The zero-order chi connectivity index (χ0) is 17.6. The summed E-state index contributed by atoms with van der Waals surface area (Å²) in [5.41, 5.74) is 0.238. The van der Waals surface area contributed by atoms with Gasteiger partial charge >= 0.3 is 5.69 Å². The molecule has 25 heavy (non-hydrogen) atoms. The Morgan fingerprint density at radius 1 is 1.28 bits per heavy atom. The van der Waals surface area contributed by atoms with E-state index in [1.807, 2.05) is 36.4 Å². The molecule has 0 radical (unpaired) electrons.